The molecule has 0 aliphatic rings. The number of furan rings is 1. The molecule has 0 fully saturated rings. The molecule has 0 aliphatic carbocycles. The zero-order chi connectivity index (χ0) is 11.6. The third kappa shape index (κ3) is 2.61. The van der Waals surface area contributed by atoms with E-state index in [0.717, 1.165) is 5.76 Å². The minimum Gasteiger partial charge on any atom is -0.475 e. The Morgan fingerprint density at radius 2 is 1.87 bits per heavy atom. The number of rotatable bonds is 4. The molecule has 1 rings (SSSR count). The van der Waals surface area contributed by atoms with Crippen molar-refractivity contribution in [1.82, 2.24) is 0 Å². The van der Waals surface area contributed by atoms with Gasteiger partial charge in [-0.15, -0.1) is 0 Å². The predicted molar refractivity (Wildman–Crippen MR) is 58.1 cm³/mol. The summed E-state index contributed by atoms with van der Waals surface area (Å²) in [6, 6.07) is 3.27. The van der Waals surface area contributed by atoms with Crippen molar-refractivity contribution in [3.05, 3.63) is 23.7 Å². The summed E-state index contributed by atoms with van der Waals surface area (Å²) in [5.74, 6) is 1.04. The van der Waals surface area contributed by atoms with Crippen LogP contribution in [0.3, 0.4) is 0 Å². The highest BCUT2D eigenvalue weighted by atomic mass is 16.4. The first kappa shape index (κ1) is 11.8. The van der Waals surface area contributed by atoms with E-state index in [4.69, 9.17) is 9.52 Å². The Kier molecular flexibility index (Phi) is 3.56. The molecule has 0 amide bonds. The van der Waals surface area contributed by atoms with E-state index < -0.39 is 5.97 Å². The Balaban J connectivity index is 2.82. The highest BCUT2D eigenvalue weighted by molar-refractivity contribution is 5.84. The van der Waals surface area contributed by atoms with Gasteiger partial charge in [0.25, 0.3) is 0 Å². The van der Waals surface area contributed by atoms with Crippen molar-refractivity contribution in [3.63, 3.8) is 0 Å². The van der Waals surface area contributed by atoms with Crippen molar-refractivity contribution in [2.45, 2.75) is 33.6 Å². The number of hydrogen-bond donors (Lipinski definition) is 1. The van der Waals surface area contributed by atoms with E-state index in [-0.39, 0.29) is 11.7 Å². The highest BCUT2D eigenvalue weighted by Gasteiger charge is 2.21. The fourth-order valence-electron chi connectivity index (χ4n) is 1.55. The van der Waals surface area contributed by atoms with Gasteiger partial charge in [-0.3, -0.25) is 0 Å². The van der Waals surface area contributed by atoms with Crippen LogP contribution in [0.15, 0.2) is 16.5 Å². The largest absolute Gasteiger partial charge is 0.475 e. The Labute approximate surface area is 90.1 Å². The normalized spacial score (nSPS) is 15.3. The summed E-state index contributed by atoms with van der Waals surface area (Å²) in [4.78, 5) is 10.6. The fourth-order valence-corrected chi connectivity index (χ4v) is 1.55. The standard InChI is InChI=1S/C12H18O3/c1-7(2)8(3)9(4)10-5-6-11(15-10)12(13)14/h5-9H,1-4H3,(H,13,14). The van der Waals surface area contributed by atoms with Gasteiger partial charge in [0.2, 0.25) is 5.76 Å². The summed E-state index contributed by atoms with van der Waals surface area (Å²) >= 11 is 0. The van der Waals surface area contributed by atoms with E-state index in [1.165, 1.54) is 6.07 Å². The lowest BCUT2D eigenvalue weighted by Gasteiger charge is -2.21. The van der Waals surface area contributed by atoms with Crippen LogP contribution in [-0.4, -0.2) is 11.1 Å². The Hall–Kier alpha value is -1.25. The molecule has 1 aromatic rings. The molecule has 3 nitrogen and oxygen atoms in total. The second kappa shape index (κ2) is 4.51. The predicted octanol–water partition coefficient (Wildman–Crippen LogP) is 3.37. The number of hydrogen-bond acceptors (Lipinski definition) is 2. The highest BCUT2D eigenvalue weighted by Crippen LogP contribution is 2.30. The molecule has 2 atom stereocenters. The number of aromatic carboxylic acids is 1. The van der Waals surface area contributed by atoms with Crippen molar-refractivity contribution < 1.29 is 14.3 Å². The van der Waals surface area contributed by atoms with Crippen molar-refractivity contribution in [2.75, 3.05) is 0 Å². The number of carboxylic acid groups (broad SMARTS) is 1. The Bertz CT molecular complexity index is 338. The molecule has 84 valence electrons. The Morgan fingerprint density at radius 3 is 2.27 bits per heavy atom. The van der Waals surface area contributed by atoms with Gasteiger partial charge in [-0.25, -0.2) is 4.79 Å². The molecule has 0 aliphatic heterocycles. The van der Waals surface area contributed by atoms with E-state index in [0.29, 0.717) is 11.8 Å². The van der Waals surface area contributed by atoms with Crippen molar-refractivity contribution in [3.8, 4) is 0 Å². The summed E-state index contributed by atoms with van der Waals surface area (Å²) in [5.41, 5.74) is 0. The number of carbonyl (C=O) groups is 1. The van der Waals surface area contributed by atoms with E-state index in [2.05, 4.69) is 27.7 Å². The molecular formula is C12H18O3. The van der Waals surface area contributed by atoms with E-state index >= 15 is 0 Å². The van der Waals surface area contributed by atoms with Crippen LogP contribution in [0, 0.1) is 11.8 Å². The lowest BCUT2D eigenvalue weighted by Crippen LogP contribution is -2.12. The van der Waals surface area contributed by atoms with Crippen LogP contribution >= 0.6 is 0 Å². The average molecular weight is 210 g/mol. The lowest BCUT2D eigenvalue weighted by molar-refractivity contribution is 0.0659. The smallest absolute Gasteiger partial charge is 0.371 e. The molecule has 0 bridgehead atoms. The second-order valence-electron chi connectivity index (χ2n) is 4.40. The molecular weight excluding hydrogens is 192 g/mol. The van der Waals surface area contributed by atoms with Gasteiger partial charge < -0.3 is 9.52 Å². The molecule has 15 heavy (non-hydrogen) atoms. The summed E-state index contributed by atoms with van der Waals surface area (Å²) < 4.78 is 5.28. The van der Waals surface area contributed by atoms with Gasteiger partial charge in [-0.1, -0.05) is 27.7 Å². The van der Waals surface area contributed by atoms with Gasteiger partial charge in [-0.05, 0) is 24.0 Å². The van der Waals surface area contributed by atoms with E-state index in [9.17, 15) is 4.79 Å². The molecule has 0 aromatic carbocycles. The number of carboxylic acids is 1. The van der Waals surface area contributed by atoms with Gasteiger partial charge >= 0.3 is 5.97 Å². The molecule has 3 heteroatoms. The summed E-state index contributed by atoms with van der Waals surface area (Å²) in [5, 5.41) is 8.73. The topological polar surface area (TPSA) is 50.4 Å². The monoisotopic (exact) mass is 210 g/mol. The minimum absolute atomic E-state index is 0.0211. The first-order valence-corrected chi connectivity index (χ1v) is 5.26. The van der Waals surface area contributed by atoms with Crippen LogP contribution in [0.4, 0.5) is 0 Å². The van der Waals surface area contributed by atoms with Crippen molar-refractivity contribution in [2.24, 2.45) is 11.8 Å². The molecule has 1 heterocycles. The fraction of sp³-hybridized carbons (Fsp3) is 0.583. The molecule has 1 aromatic heterocycles. The molecule has 2 unspecified atom stereocenters. The van der Waals surface area contributed by atoms with Gasteiger partial charge in [0.05, 0.1) is 0 Å². The van der Waals surface area contributed by atoms with Crippen molar-refractivity contribution in [1.29, 1.82) is 0 Å². The average Bonchev–Trinajstić information content (AvgIpc) is 2.64. The quantitative estimate of drug-likeness (QED) is 0.828. The maximum absolute atomic E-state index is 10.6. The maximum Gasteiger partial charge on any atom is 0.371 e. The molecule has 0 radical (unpaired) electrons. The zero-order valence-corrected chi connectivity index (χ0v) is 9.65. The maximum atomic E-state index is 10.6. The van der Waals surface area contributed by atoms with Gasteiger partial charge in [0.1, 0.15) is 5.76 Å². The molecule has 1 N–H and O–H groups in total. The lowest BCUT2D eigenvalue weighted by atomic mass is 9.85. The van der Waals surface area contributed by atoms with Gasteiger partial charge in [-0.2, -0.15) is 0 Å². The van der Waals surface area contributed by atoms with Gasteiger partial charge in [0.15, 0.2) is 0 Å². The van der Waals surface area contributed by atoms with Crippen LogP contribution in [0.1, 0.15) is 49.9 Å². The molecule has 0 saturated carbocycles. The van der Waals surface area contributed by atoms with E-state index in [1.807, 2.05) is 0 Å². The minimum atomic E-state index is -1.01. The summed E-state index contributed by atoms with van der Waals surface area (Å²) in [6.07, 6.45) is 0. The van der Waals surface area contributed by atoms with Crippen LogP contribution in [0.5, 0.6) is 0 Å². The Morgan fingerprint density at radius 1 is 1.27 bits per heavy atom. The SMILES string of the molecule is CC(C)C(C)C(C)c1ccc(C(=O)O)o1. The first-order valence-electron chi connectivity index (χ1n) is 5.26. The van der Waals surface area contributed by atoms with Crippen LogP contribution in [0.25, 0.3) is 0 Å². The molecule has 0 saturated heterocycles. The zero-order valence-electron chi connectivity index (χ0n) is 9.65. The van der Waals surface area contributed by atoms with Crippen LogP contribution in [0.2, 0.25) is 0 Å². The van der Waals surface area contributed by atoms with Gasteiger partial charge in [0, 0.05) is 5.92 Å². The van der Waals surface area contributed by atoms with Crippen molar-refractivity contribution >= 4 is 5.97 Å². The van der Waals surface area contributed by atoms with Crippen LogP contribution < -0.4 is 0 Å². The molecule has 0 spiro atoms. The third-order valence-electron chi connectivity index (χ3n) is 3.13. The summed E-state index contributed by atoms with van der Waals surface area (Å²) in [7, 11) is 0. The first-order chi connectivity index (χ1) is 6.93. The second-order valence-corrected chi connectivity index (χ2v) is 4.40. The van der Waals surface area contributed by atoms with E-state index in [1.54, 1.807) is 6.07 Å². The van der Waals surface area contributed by atoms with Crippen LogP contribution in [-0.2, 0) is 0 Å². The third-order valence-corrected chi connectivity index (χ3v) is 3.13. The summed E-state index contributed by atoms with van der Waals surface area (Å²) in [6.45, 7) is 8.53.